The Morgan fingerprint density at radius 3 is 1.60 bits per heavy atom. The van der Waals surface area contributed by atoms with Crippen LogP contribution in [-0.2, 0) is 23.8 Å². The molecule has 0 aromatic carbocycles. The highest BCUT2D eigenvalue weighted by Gasteiger charge is 2.08. The summed E-state index contributed by atoms with van der Waals surface area (Å²) in [4.78, 5) is 22.9. The van der Waals surface area contributed by atoms with Crippen LogP contribution in [0.2, 0.25) is 0 Å². The van der Waals surface area contributed by atoms with E-state index in [1.165, 1.54) is 51.4 Å². The predicted molar refractivity (Wildman–Crippen MR) is 99.5 cm³/mol. The molecule has 0 aromatic rings. The van der Waals surface area contributed by atoms with Gasteiger partial charge in [0.1, 0.15) is 6.61 Å². The lowest BCUT2D eigenvalue weighted by Crippen LogP contribution is -2.13. The number of carbonyl (C=O) groups excluding carboxylic acids is 2. The van der Waals surface area contributed by atoms with Gasteiger partial charge in [0.25, 0.3) is 0 Å². The molecule has 0 fully saturated rings. The molecule has 0 amide bonds. The molecule has 0 saturated heterocycles. The molecule has 0 radical (unpaired) electrons. The molecule has 0 unspecified atom stereocenters. The summed E-state index contributed by atoms with van der Waals surface area (Å²) in [6.07, 6.45) is 12.7. The monoisotopic (exact) mass is 358 g/mol. The third-order valence-electron chi connectivity index (χ3n) is 3.99. The molecule has 5 nitrogen and oxygen atoms in total. The summed E-state index contributed by atoms with van der Waals surface area (Å²) in [5.41, 5.74) is 0. The molecule has 0 N–H and O–H groups in total. The van der Waals surface area contributed by atoms with E-state index in [0.717, 1.165) is 12.8 Å². The van der Waals surface area contributed by atoms with Gasteiger partial charge < -0.3 is 14.2 Å². The molecular weight excluding hydrogens is 320 g/mol. The fourth-order valence-corrected chi connectivity index (χ4v) is 2.48. The van der Waals surface area contributed by atoms with E-state index in [4.69, 9.17) is 14.2 Å². The summed E-state index contributed by atoms with van der Waals surface area (Å²) in [6.45, 7) is 5.80. The zero-order valence-electron chi connectivity index (χ0n) is 16.4. The highest BCUT2D eigenvalue weighted by Crippen LogP contribution is 2.10. The molecular formula is C20H38O5. The first-order valence-corrected chi connectivity index (χ1v) is 10.1. The van der Waals surface area contributed by atoms with Crippen LogP contribution in [0.1, 0.15) is 90.9 Å². The predicted octanol–water partition coefficient (Wildman–Crippen LogP) is 4.81. The fourth-order valence-electron chi connectivity index (χ4n) is 2.48. The molecule has 5 heteroatoms. The van der Waals surface area contributed by atoms with Crippen molar-refractivity contribution in [3.05, 3.63) is 0 Å². The minimum absolute atomic E-state index is 0.0724. The van der Waals surface area contributed by atoms with Gasteiger partial charge in [0.15, 0.2) is 0 Å². The lowest BCUT2D eigenvalue weighted by Gasteiger charge is -2.06. The highest BCUT2D eigenvalue weighted by molar-refractivity contribution is 5.77. The van der Waals surface area contributed by atoms with Crippen LogP contribution in [0.3, 0.4) is 0 Å². The van der Waals surface area contributed by atoms with Crippen molar-refractivity contribution in [2.24, 2.45) is 0 Å². The molecule has 0 aromatic heterocycles. The van der Waals surface area contributed by atoms with E-state index in [1.807, 2.05) is 6.92 Å². The first-order valence-electron chi connectivity index (χ1n) is 10.1. The van der Waals surface area contributed by atoms with Crippen LogP contribution in [0.4, 0.5) is 0 Å². The van der Waals surface area contributed by atoms with Crippen molar-refractivity contribution < 1.29 is 23.8 Å². The number of rotatable bonds is 18. The maximum Gasteiger partial charge on any atom is 0.306 e. The van der Waals surface area contributed by atoms with Gasteiger partial charge in [0, 0.05) is 6.61 Å². The third kappa shape index (κ3) is 19.1. The summed E-state index contributed by atoms with van der Waals surface area (Å²) >= 11 is 0. The topological polar surface area (TPSA) is 61.8 Å². The van der Waals surface area contributed by atoms with E-state index in [0.29, 0.717) is 19.8 Å². The van der Waals surface area contributed by atoms with Gasteiger partial charge >= 0.3 is 11.9 Å². The van der Waals surface area contributed by atoms with Gasteiger partial charge in [0.2, 0.25) is 0 Å². The van der Waals surface area contributed by atoms with Gasteiger partial charge in [-0.05, 0) is 13.3 Å². The zero-order valence-corrected chi connectivity index (χ0v) is 16.4. The molecule has 0 saturated carbocycles. The number of hydrogen-bond donors (Lipinski definition) is 0. The summed E-state index contributed by atoms with van der Waals surface area (Å²) in [5.74, 6) is -0.701. The van der Waals surface area contributed by atoms with Crippen LogP contribution >= 0.6 is 0 Å². The minimum atomic E-state index is -0.379. The Morgan fingerprint density at radius 1 is 0.600 bits per heavy atom. The van der Waals surface area contributed by atoms with Gasteiger partial charge in [-0.3, -0.25) is 9.59 Å². The largest absolute Gasteiger partial charge is 0.466 e. The number of ether oxygens (including phenoxy) is 3. The van der Waals surface area contributed by atoms with E-state index in [2.05, 4.69) is 6.92 Å². The van der Waals surface area contributed by atoms with Gasteiger partial charge in [0.05, 0.1) is 26.1 Å². The first-order chi connectivity index (χ1) is 12.2. The van der Waals surface area contributed by atoms with Crippen molar-refractivity contribution in [3.8, 4) is 0 Å². The Labute approximate surface area is 153 Å². The maximum absolute atomic E-state index is 11.5. The van der Waals surface area contributed by atoms with Crippen LogP contribution < -0.4 is 0 Å². The van der Waals surface area contributed by atoms with E-state index in [9.17, 15) is 9.59 Å². The van der Waals surface area contributed by atoms with Crippen molar-refractivity contribution in [1.29, 1.82) is 0 Å². The number of hydrogen-bond acceptors (Lipinski definition) is 5. The van der Waals surface area contributed by atoms with E-state index in [-0.39, 0.29) is 31.4 Å². The lowest BCUT2D eigenvalue weighted by atomic mass is 10.1. The van der Waals surface area contributed by atoms with Crippen molar-refractivity contribution in [2.45, 2.75) is 90.9 Å². The van der Waals surface area contributed by atoms with Crippen LogP contribution in [-0.4, -0.2) is 38.4 Å². The summed E-state index contributed by atoms with van der Waals surface area (Å²) in [6, 6.07) is 0. The van der Waals surface area contributed by atoms with Crippen LogP contribution in [0, 0.1) is 0 Å². The van der Waals surface area contributed by atoms with Gasteiger partial charge in [-0.25, -0.2) is 0 Å². The summed E-state index contributed by atoms with van der Waals surface area (Å²) < 4.78 is 15.1. The van der Waals surface area contributed by atoms with Crippen LogP contribution in [0.25, 0.3) is 0 Å². The van der Waals surface area contributed by atoms with Crippen LogP contribution in [0.5, 0.6) is 0 Å². The number of esters is 2. The van der Waals surface area contributed by atoms with Crippen molar-refractivity contribution in [2.75, 3.05) is 26.4 Å². The van der Waals surface area contributed by atoms with Gasteiger partial charge in [-0.2, -0.15) is 0 Å². The Morgan fingerprint density at radius 2 is 1.08 bits per heavy atom. The molecule has 25 heavy (non-hydrogen) atoms. The maximum atomic E-state index is 11.5. The molecule has 0 atom stereocenters. The van der Waals surface area contributed by atoms with E-state index >= 15 is 0 Å². The Balaban J connectivity index is 3.28. The standard InChI is InChI=1S/C20H38O5/c1-3-5-6-7-8-9-10-11-12-13-16-24-19(21)14-15-20(22)25-18-17-23-4-2/h3-18H2,1-2H3. The second-order valence-corrected chi connectivity index (χ2v) is 6.32. The van der Waals surface area contributed by atoms with Crippen molar-refractivity contribution in [3.63, 3.8) is 0 Å². The third-order valence-corrected chi connectivity index (χ3v) is 3.99. The fraction of sp³-hybridized carbons (Fsp3) is 0.900. The lowest BCUT2D eigenvalue weighted by molar-refractivity contribution is -0.151. The van der Waals surface area contributed by atoms with Crippen LogP contribution in [0.15, 0.2) is 0 Å². The highest BCUT2D eigenvalue weighted by atomic mass is 16.6. The van der Waals surface area contributed by atoms with Crippen molar-refractivity contribution in [1.82, 2.24) is 0 Å². The van der Waals surface area contributed by atoms with Gasteiger partial charge in [-0.15, -0.1) is 0 Å². The summed E-state index contributed by atoms with van der Waals surface area (Å²) in [5, 5.41) is 0. The Bertz CT molecular complexity index is 317. The average molecular weight is 359 g/mol. The normalized spacial score (nSPS) is 10.6. The Hall–Kier alpha value is -1.10. The minimum Gasteiger partial charge on any atom is -0.466 e. The molecule has 0 heterocycles. The average Bonchev–Trinajstić information content (AvgIpc) is 2.61. The SMILES string of the molecule is CCCCCCCCCCCCOC(=O)CCC(=O)OCCOCC. The van der Waals surface area contributed by atoms with E-state index < -0.39 is 0 Å². The second-order valence-electron chi connectivity index (χ2n) is 6.32. The number of carbonyl (C=O) groups is 2. The first kappa shape index (κ1) is 23.9. The molecule has 0 spiro atoms. The smallest absolute Gasteiger partial charge is 0.306 e. The van der Waals surface area contributed by atoms with Gasteiger partial charge in [-0.1, -0.05) is 64.7 Å². The molecule has 0 bridgehead atoms. The van der Waals surface area contributed by atoms with E-state index in [1.54, 1.807) is 0 Å². The Kier molecular flexibility index (Phi) is 18.4. The quantitative estimate of drug-likeness (QED) is 0.260. The molecule has 0 aliphatic heterocycles. The molecule has 0 aliphatic carbocycles. The van der Waals surface area contributed by atoms with Crippen molar-refractivity contribution >= 4 is 11.9 Å². The molecule has 148 valence electrons. The molecule has 0 aliphatic rings. The summed E-state index contributed by atoms with van der Waals surface area (Å²) in [7, 11) is 0. The zero-order chi connectivity index (χ0) is 18.6. The second kappa shape index (κ2) is 19.2. The number of unbranched alkanes of at least 4 members (excludes halogenated alkanes) is 9. The molecule has 0 rings (SSSR count).